The Morgan fingerprint density at radius 2 is 2.05 bits per heavy atom. The molecule has 0 radical (unpaired) electrons. The molecule has 0 unspecified atom stereocenters. The molecule has 0 bridgehead atoms. The molecule has 0 atom stereocenters. The van der Waals surface area contributed by atoms with Crippen LogP contribution in [0.3, 0.4) is 0 Å². The standard InChI is InChI=1S/C17H25N3O/c1-13(2)7-5-3-4-6-10-18-17(21)14-8-9-15-16(11-14)20-12-19-15/h8-9,11-13H,3-7,10H2,1-2H3,(H,18,21)(H,19,20). The van der Waals surface area contributed by atoms with Crippen molar-refractivity contribution in [3.63, 3.8) is 0 Å². The number of H-pyrrole nitrogens is 1. The van der Waals surface area contributed by atoms with E-state index in [1.54, 1.807) is 6.33 Å². The van der Waals surface area contributed by atoms with Crippen molar-refractivity contribution in [3.8, 4) is 0 Å². The van der Waals surface area contributed by atoms with Crippen LogP contribution in [0.4, 0.5) is 0 Å². The number of nitrogens with zero attached hydrogens (tertiary/aromatic N) is 1. The van der Waals surface area contributed by atoms with Gasteiger partial charge in [0.1, 0.15) is 0 Å². The molecule has 4 nitrogen and oxygen atoms in total. The lowest BCUT2D eigenvalue weighted by Gasteiger charge is -2.06. The largest absolute Gasteiger partial charge is 0.352 e. The normalized spacial score (nSPS) is 11.2. The minimum atomic E-state index is -0.00585. The Morgan fingerprint density at radius 3 is 2.86 bits per heavy atom. The molecule has 0 saturated heterocycles. The van der Waals surface area contributed by atoms with Crippen molar-refractivity contribution >= 4 is 16.9 Å². The fourth-order valence-electron chi connectivity index (χ4n) is 2.41. The third-order valence-electron chi connectivity index (χ3n) is 3.68. The summed E-state index contributed by atoms with van der Waals surface area (Å²) < 4.78 is 0. The van der Waals surface area contributed by atoms with Crippen molar-refractivity contribution in [2.24, 2.45) is 5.92 Å². The Hall–Kier alpha value is -1.84. The van der Waals surface area contributed by atoms with Crippen LogP contribution < -0.4 is 5.32 Å². The molecule has 2 N–H and O–H groups in total. The van der Waals surface area contributed by atoms with E-state index in [1.807, 2.05) is 18.2 Å². The molecule has 0 aliphatic rings. The first-order valence-corrected chi connectivity index (χ1v) is 7.88. The molecular formula is C17H25N3O. The minimum Gasteiger partial charge on any atom is -0.352 e. The van der Waals surface area contributed by atoms with Crippen LogP contribution in [0.15, 0.2) is 24.5 Å². The zero-order chi connectivity index (χ0) is 15.1. The van der Waals surface area contributed by atoms with E-state index in [9.17, 15) is 4.79 Å². The molecule has 4 heteroatoms. The van der Waals surface area contributed by atoms with Crippen molar-refractivity contribution in [3.05, 3.63) is 30.1 Å². The number of unbranched alkanes of at least 4 members (excludes halogenated alkanes) is 3. The van der Waals surface area contributed by atoms with Crippen LogP contribution in [0.5, 0.6) is 0 Å². The summed E-state index contributed by atoms with van der Waals surface area (Å²) in [6, 6.07) is 5.54. The topological polar surface area (TPSA) is 57.8 Å². The number of nitrogens with one attached hydrogen (secondary N) is 2. The second-order valence-corrected chi connectivity index (χ2v) is 5.99. The van der Waals surface area contributed by atoms with E-state index >= 15 is 0 Å². The maximum absolute atomic E-state index is 12.0. The van der Waals surface area contributed by atoms with Gasteiger partial charge in [-0.05, 0) is 30.5 Å². The predicted molar refractivity (Wildman–Crippen MR) is 86.3 cm³/mol. The maximum atomic E-state index is 12.0. The first-order valence-electron chi connectivity index (χ1n) is 7.88. The number of amides is 1. The number of aromatic nitrogens is 2. The van der Waals surface area contributed by atoms with E-state index in [4.69, 9.17) is 0 Å². The fourth-order valence-corrected chi connectivity index (χ4v) is 2.41. The number of rotatable bonds is 8. The monoisotopic (exact) mass is 287 g/mol. The fraction of sp³-hybridized carbons (Fsp3) is 0.529. The van der Waals surface area contributed by atoms with Crippen molar-refractivity contribution < 1.29 is 4.79 Å². The quantitative estimate of drug-likeness (QED) is 0.723. The highest BCUT2D eigenvalue weighted by Gasteiger charge is 2.06. The second kappa shape index (κ2) is 7.81. The summed E-state index contributed by atoms with van der Waals surface area (Å²) >= 11 is 0. The molecular weight excluding hydrogens is 262 g/mol. The zero-order valence-corrected chi connectivity index (χ0v) is 13.0. The third kappa shape index (κ3) is 4.88. The highest BCUT2D eigenvalue weighted by molar-refractivity contribution is 5.97. The lowest BCUT2D eigenvalue weighted by molar-refractivity contribution is 0.0953. The van der Waals surface area contributed by atoms with Crippen LogP contribution in [-0.4, -0.2) is 22.4 Å². The molecule has 1 aromatic carbocycles. The molecule has 0 saturated carbocycles. The Kier molecular flexibility index (Phi) is 5.78. The molecule has 0 aliphatic carbocycles. The number of hydrogen-bond donors (Lipinski definition) is 2. The minimum absolute atomic E-state index is 0.00585. The van der Waals surface area contributed by atoms with Gasteiger partial charge in [0.05, 0.1) is 17.4 Å². The molecule has 1 heterocycles. The Balaban J connectivity index is 1.67. The first kappa shape index (κ1) is 15.5. The van der Waals surface area contributed by atoms with Crippen molar-refractivity contribution in [2.75, 3.05) is 6.54 Å². The smallest absolute Gasteiger partial charge is 0.251 e. The van der Waals surface area contributed by atoms with E-state index in [2.05, 4.69) is 29.1 Å². The van der Waals surface area contributed by atoms with E-state index in [1.165, 1.54) is 25.7 Å². The third-order valence-corrected chi connectivity index (χ3v) is 3.68. The van der Waals surface area contributed by atoms with Crippen molar-refractivity contribution in [1.29, 1.82) is 0 Å². The molecule has 114 valence electrons. The molecule has 0 spiro atoms. The molecule has 0 fully saturated rings. The van der Waals surface area contributed by atoms with Gasteiger partial charge in [0, 0.05) is 12.1 Å². The molecule has 1 amide bonds. The number of carbonyl (C=O) groups excluding carboxylic acids is 1. The van der Waals surface area contributed by atoms with Gasteiger partial charge in [-0.2, -0.15) is 0 Å². The molecule has 21 heavy (non-hydrogen) atoms. The van der Waals surface area contributed by atoms with Gasteiger partial charge >= 0.3 is 0 Å². The highest BCUT2D eigenvalue weighted by Crippen LogP contribution is 2.12. The summed E-state index contributed by atoms with van der Waals surface area (Å²) in [5, 5.41) is 2.98. The number of aromatic amines is 1. The average Bonchev–Trinajstić information content (AvgIpc) is 2.93. The van der Waals surface area contributed by atoms with Gasteiger partial charge < -0.3 is 10.3 Å². The average molecular weight is 287 g/mol. The van der Waals surface area contributed by atoms with Crippen molar-refractivity contribution in [1.82, 2.24) is 15.3 Å². The number of imidazole rings is 1. The van der Waals surface area contributed by atoms with Crippen molar-refractivity contribution in [2.45, 2.75) is 46.0 Å². The van der Waals surface area contributed by atoms with E-state index < -0.39 is 0 Å². The van der Waals surface area contributed by atoms with Crippen LogP contribution in [0.25, 0.3) is 11.0 Å². The van der Waals surface area contributed by atoms with Gasteiger partial charge in [0.15, 0.2) is 0 Å². The molecule has 2 rings (SSSR count). The van der Waals surface area contributed by atoms with E-state index in [0.717, 1.165) is 29.9 Å². The number of carbonyl (C=O) groups is 1. The SMILES string of the molecule is CC(C)CCCCCCNC(=O)c1ccc2nc[nH]c2c1. The lowest BCUT2D eigenvalue weighted by Crippen LogP contribution is -2.24. The summed E-state index contributed by atoms with van der Waals surface area (Å²) in [7, 11) is 0. The second-order valence-electron chi connectivity index (χ2n) is 5.99. The maximum Gasteiger partial charge on any atom is 0.251 e. The van der Waals surface area contributed by atoms with Gasteiger partial charge in [0.2, 0.25) is 0 Å². The summed E-state index contributed by atoms with van der Waals surface area (Å²) in [4.78, 5) is 19.2. The van der Waals surface area contributed by atoms with Gasteiger partial charge in [-0.15, -0.1) is 0 Å². The van der Waals surface area contributed by atoms with Crippen LogP contribution >= 0.6 is 0 Å². The number of hydrogen-bond acceptors (Lipinski definition) is 2. The number of benzene rings is 1. The Morgan fingerprint density at radius 1 is 1.24 bits per heavy atom. The first-order chi connectivity index (χ1) is 10.2. The zero-order valence-electron chi connectivity index (χ0n) is 13.0. The van der Waals surface area contributed by atoms with Crippen LogP contribution in [-0.2, 0) is 0 Å². The van der Waals surface area contributed by atoms with Crippen LogP contribution in [0.1, 0.15) is 56.3 Å². The molecule has 1 aromatic heterocycles. The summed E-state index contributed by atoms with van der Waals surface area (Å²) in [5.41, 5.74) is 2.47. The molecule has 2 aromatic rings. The van der Waals surface area contributed by atoms with Crippen LogP contribution in [0.2, 0.25) is 0 Å². The predicted octanol–water partition coefficient (Wildman–Crippen LogP) is 3.90. The van der Waals surface area contributed by atoms with Crippen LogP contribution in [0, 0.1) is 5.92 Å². The van der Waals surface area contributed by atoms with Gasteiger partial charge in [-0.25, -0.2) is 4.98 Å². The van der Waals surface area contributed by atoms with Gasteiger partial charge in [-0.3, -0.25) is 4.79 Å². The lowest BCUT2D eigenvalue weighted by atomic mass is 10.0. The Bertz CT molecular complexity index is 574. The summed E-state index contributed by atoms with van der Waals surface area (Å²) in [5.74, 6) is 0.788. The highest BCUT2D eigenvalue weighted by atomic mass is 16.1. The summed E-state index contributed by atoms with van der Waals surface area (Å²) in [6.45, 7) is 5.27. The van der Waals surface area contributed by atoms with Gasteiger partial charge in [-0.1, -0.05) is 39.5 Å². The summed E-state index contributed by atoms with van der Waals surface area (Å²) in [6.07, 6.45) is 7.74. The number of fused-ring (bicyclic) bond motifs is 1. The van der Waals surface area contributed by atoms with E-state index in [-0.39, 0.29) is 5.91 Å². The Labute approximate surface area is 126 Å². The van der Waals surface area contributed by atoms with E-state index in [0.29, 0.717) is 5.56 Å². The van der Waals surface area contributed by atoms with Gasteiger partial charge in [0.25, 0.3) is 5.91 Å². The molecule has 0 aliphatic heterocycles.